The van der Waals surface area contributed by atoms with E-state index < -0.39 is 0 Å². The van der Waals surface area contributed by atoms with Crippen molar-refractivity contribution in [2.45, 2.75) is 13.5 Å². The molecule has 3 rings (SSSR count). The summed E-state index contributed by atoms with van der Waals surface area (Å²) in [6.45, 7) is 6.72. The number of carbonyl (C=O) groups is 1. The molecule has 0 bridgehead atoms. The quantitative estimate of drug-likeness (QED) is 0.719. The lowest BCUT2D eigenvalue weighted by Crippen LogP contribution is -2.23. The molecule has 0 atom stereocenters. The van der Waals surface area contributed by atoms with Gasteiger partial charge in [0.25, 0.3) is 5.91 Å². The Morgan fingerprint density at radius 2 is 2.16 bits per heavy atom. The minimum Gasteiger partial charge on any atom is -0.493 e. The van der Waals surface area contributed by atoms with Gasteiger partial charge in [0, 0.05) is 23.7 Å². The van der Waals surface area contributed by atoms with Gasteiger partial charge in [-0.1, -0.05) is 24.3 Å². The third-order valence-electron chi connectivity index (χ3n) is 3.65. The van der Waals surface area contributed by atoms with E-state index in [1.54, 1.807) is 29.7 Å². The number of carbonyl (C=O) groups excluding carboxylic acids is 1. The predicted molar refractivity (Wildman–Crippen MR) is 101 cm³/mol. The van der Waals surface area contributed by atoms with E-state index in [0.717, 1.165) is 21.7 Å². The first-order valence-corrected chi connectivity index (χ1v) is 8.91. The van der Waals surface area contributed by atoms with Crippen LogP contribution in [0.15, 0.2) is 54.0 Å². The zero-order valence-electron chi connectivity index (χ0n) is 14.0. The Bertz CT molecular complexity index is 860. The fourth-order valence-corrected chi connectivity index (χ4v) is 3.13. The summed E-state index contributed by atoms with van der Waals surface area (Å²) in [5, 5.41) is 5.87. The molecule has 5 heteroatoms. The zero-order valence-corrected chi connectivity index (χ0v) is 14.8. The summed E-state index contributed by atoms with van der Waals surface area (Å²) in [5.41, 5.74) is 3.35. The highest BCUT2D eigenvalue weighted by Crippen LogP contribution is 2.23. The van der Waals surface area contributed by atoms with Crippen LogP contribution < -0.4 is 10.1 Å². The first-order valence-electron chi connectivity index (χ1n) is 8.03. The largest absolute Gasteiger partial charge is 0.493 e. The van der Waals surface area contributed by atoms with Crippen LogP contribution in [-0.2, 0) is 6.54 Å². The van der Waals surface area contributed by atoms with Gasteiger partial charge in [0.2, 0.25) is 0 Å². The number of thiazole rings is 1. The van der Waals surface area contributed by atoms with Crippen molar-refractivity contribution >= 4 is 17.2 Å². The molecule has 0 saturated carbocycles. The lowest BCUT2D eigenvalue weighted by molar-refractivity contribution is 0.0947. The Morgan fingerprint density at radius 3 is 2.92 bits per heavy atom. The van der Waals surface area contributed by atoms with Gasteiger partial charge in [-0.05, 0) is 43.2 Å². The van der Waals surface area contributed by atoms with Gasteiger partial charge in [-0.3, -0.25) is 4.79 Å². The van der Waals surface area contributed by atoms with Gasteiger partial charge in [-0.2, -0.15) is 0 Å². The van der Waals surface area contributed by atoms with Gasteiger partial charge < -0.3 is 10.1 Å². The van der Waals surface area contributed by atoms with Crippen LogP contribution in [0.4, 0.5) is 0 Å². The summed E-state index contributed by atoms with van der Waals surface area (Å²) in [7, 11) is 0. The van der Waals surface area contributed by atoms with Crippen LogP contribution in [0.3, 0.4) is 0 Å². The van der Waals surface area contributed by atoms with Gasteiger partial charge in [-0.15, -0.1) is 11.3 Å². The highest BCUT2D eigenvalue weighted by atomic mass is 32.1. The topological polar surface area (TPSA) is 51.2 Å². The van der Waals surface area contributed by atoms with E-state index >= 15 is 0 Å². The number of ether oxygens (including phenoxy) is 1. The third kappa shape index (κ3) is 4.25. The summed E-state index contributed by atoms with van der Waals surface area (Å²) in [6.07, 6.45) is 1.79. The summed E-state index contributed by atoms with van der Waals surface area (Å²) in [5.74, 6) is 0.400. The van der Waals surface area contributed by atoms with Crippen LogP contribution in [0.5, 0.6) is 5.75 Å². The van der Waals surface area contributed by atoms with Crippen LogP contribution in [-0.4, -0.2) is 17.5 Å². The van der Waals surface area contributed by atoms with Crippen molar-refractivity contribution < 1.29 is 9.53 Å². The van der Waals surface area contributed by atoms with E-state index in [-0.39, 0.29) is 5.91 Å². The smallest absolute Gasteiger partial charge is 0.255 e. The molecule has 1 radical (unpaired) electrons. The van der Waals surface area contributed by atoms with Gasteiger partial charge in [-0.25, -0.2) is 4.98 Å². The van der Waals surface area contributed by atoms with E-state index in [4.69, 9.17) is 4.74 Å². The lowest BCUT2D eigenvalue weighted by atomic mass is 10.1. The fourth-order valence-electron chi connectivity index (χ4n) is 2.49. The molecule has 0 aliphatic rings. The van der Waals surface area contributed by atoms with Crippen LogP contribution in [0.25, 0.3) is 10.6 Å². The fraction of sp³-hybridized carbons (Fsp3) is 0.150. The molecule has 25 heavy (non-hydrogen) atoms. The highest BCUT2D eigenvalue weighted by Gasteiger charge is 2.13. The number of hydrogen-bond donors (Lipinski definition) is 1. The first kappa shape index (κ1) is 17.2. The molecule has 4 nitrogen and oxygen atoms in total. The molecule has 0 aliphatic heterocycles. The molecule has 0 fully saturated rings. The lowest BCUT2D eigenvalue weighted by Gasteiger charge is -2.12. The number of aromatic nitrogens is 1. The number of hydrogen-bond acceptors (Lipinski definition) is 4. The molecule has 3 aromatic rings. The first-order chi connectivity index (χ1) is 12.2. The molecular weight excluding hydrogens is 332 g/mol. The normalized spacial score (nSPS) is 10.5. The molecule has 1 N–H and O–H groups in total. The van der Waals surface area contributed by atoms with Gasteiger partial charge in [0.15, 0.2) is 0 Å². The number of rotatable bonds is 6. The Balaban J connectivity index is 1.73. The standard InChI is InChI=1S/C20H19N2O2S/c1-3-24-18-8-7-14(2)11-17(18)19(23)22-13-15-5-4-6-16(12-15)20-21-9-10-25-20/h4-12H,2-3,13H2,1H3,(H,22,23). The Morgan fingerprint density at radius 1 is 1.28 bits per heavy atom. The molecule has 0 aliphatic carbocycles. The molecule has 1 amide bonds. The monoisotopic (exact) mass is 351 g/mol. The average Bonchev–Trinajstić information content (AvgIpc) is 3.16. The van der Waals surface area contributed by atoms with E-state index in [1.807, 2.05) is 42.6 Å². The van der Waals surface area contributed by atoms with Crippen molar-refractivity contribution in [3.05, 3.63) is 77.7 Å². The Labute approximate surface area is 151 Å². The van der Waals surface area contributed by atoms with E-state index in [1.165, 1.54) is 0 Å². The van der Waals surface area contributed by atoms with Crippen molar-refractivity contribution in [3.8, 4) is 16.3 Å². The van der Waals surface area contributed by atoms with Crippen LogP contribution in [0.1, 0.15) is 28.4 Å². The number of amides is 1. The minimum absolute atomic E-state index is 0.173. The molecule has 0 spiro atoms. The molecule has 1 aromatic heterocycles. The van der Waals surface area contributed by atoms with Gasteiger partial charge >= 0.3 is 0 Å². The van der Waals surface area contributed by atoms with Crippen LogP contribution in [0, 0.1) is 6.92 Å². The maximum absolute atomic E-state index is 12.6. The van der Waals surface area contributed by atoms with Crippen molar-refractivity contribution in [1.29, 1.82) is 0 Å². The number of benzene rings is 2. The summed E-state index contributed by atoms with van der Waals surface area (Å²) in [4.78, 5) is 16.9. The van der Waals surface area contributed by atoms with Crippen LogP contribution >= 0.6 is 11.3 Å². The van der Waals surface area contributed by atoms with E-state index in [2.05, 4.69) is 17.2 Å². The molecule has 2 aromatic carbocycles. The SMILES string of the molecule is [CH2]c1ccc(OCC)c(C(=O)NCc2cccc(-c3nccs3)c2)c1. The molecule has 0 unspecified atom stereocenters. The molecule has 0 saturated heterocycles. The molecule has 1 heterocycles. The second-order valence-corrected chi connectivity index (χ2v) is 6.38. The van der Waals surface area contributed by atoms with Crippen molar-refractivity contribution in [2.75, 3.05) is 6.61 Å². The van der Waals surface area contributed by atoms with E-state index in [9.17, 15) is 4.79 Å². The molecular formula is C20H19N2O2S. The Hall–Kier alpha value is -2.66. The number of nitrogens with zero attached hydrogens (tertiary/aromatic N) is 1. The van der Waals surface area contributed by atoms with Gasteiger partial charge in [0.05, 0.1) is 12.2 Å². The number of nitrogens with one attached hydrogen (secondary N) is 1. The van der Waals surface area contributed by atoms with Crippen molar-refractivity contribution in [1.82, 2.24) is 10.3 Å². The second kappa shape index (κ2) is 7.94. The maximum atomic E-state index is 12.6. The summed E-state index contributed by atoms with van der Waals surface area (Å²) < 4.78 is 5.54. The highest BCUT2D eigenvalue weighted by molar-refractivity contribution is 7.13. The van der Waals surface area contributed by atoms with E-state index in [0.29, 0.717) is 24.5 Å². The summed E-state index contributed by atoms with van der Waals surface area (Å²) in [6, 6.07) is 13.4. The predicted octanol–water partition coefficient (Wildman–Crippen LogP) is 4.32. The third-order valence-corrected chi connectivity index (χ3v) is 4.47. The second-order valence-electron chi connectivity index (χ2n) is 5.48. The minimum atomic E-state index is -0.173. The van der Waals surface area contributed by atoms with Crippen molar-refractivity contribution in [3.63, 3.8) is 0 Å². The zero-order chi connectivity index (χ0) is 17.6. The molecule has 127 valence electrons. The average molecular weight is 351 g/mol. The maximum Gasteiger partial charge on any atom is 0.255 e. The van der Waals surface area contributed by atoms with Crippen LogP contribution in [0.2, 0.25) is 0 Å². The van der Waals surface area contributed by atoms with Crippen molar-refractivity contribution in [2.24, 2.45) is 0 Å². The Kier molecular flexibility index (Phi) is 5.46. The van der Waals surface area contributed by atoms with Gasteiger partial charge in [0.1, 0.15) is 10.8 Å². The summed E-state index contributed by atoms with van der Waals surface area (Å²) >= 11 is 1.59.